The van der Waals surface area contributed by atoms with Crippen molar-refractivity contribution in [1.29, 1.82) is 0 Å². The maximum Gasteiger partial charge on any atom is 0.497 e. The van der Waals surface area contributed by atoms with E-state index in [1.807, 2.05) is 0 Å². The summed E-state index contributed by atoms with van der Waals surface area (Å²) in [4.78, 5) is 0. The molecule has 0 amide bonds. The smallest absolute Gasteiger partial charge is 0.416 e. The van der Waals surface area contributed by atoms with Crippen LogP contribution >= 0.6 is 8.60 Å². The van der Waals surface area contributed by atoms with Gasteiger partial charge < -0.3 is 9.05 Å². The molecule has 1 heterocycles. The summed E-state index contributed by atoms with van der Waals surface area (Å²) in [5.74, 6) is 1.35. The van der Waals surface area contributed by atoms with Crippen LogP contribution in [0.4, 0.5) is 4.53 Å². The van der Waals surface area contributed by atoms with Gasteiger partial charge in [-0.15, -0.1) is 0 Å². The molecule has 0 N–H and O–H groups in total. The third kappa shape index (κ3) is 5.60. The van der Waals surface area contributed by atoms with Crippen LogP contribution < -0.4 is 9.05 Å². The van der Waals surface area contributed by atoms with Gasteiger partial charge in [0.2, 0.25) is 0 Å². The molecular formula is C29H42FO3P. The lowest BCUT2D eigenvalue weighted by molar-refractivity contribution is -0.0162. The van der Waals surface area contributed by atoms with Crippen molar-refractivity contribution >= 4 is 8.60 Å². The maximum absolute atomic E-state index is 13.9. The van der Waals surface area contributed by atoms with Crippen LogP contribution in [0, 0.1) is 0 Å². The minimum Gasteiger partial charge on any atom is -0.416 e. The van der Waals surface area contributed by atoms with Crippen LogP contribution in [0.1, 0.15) is 116 Å². The number of rotatable bonds is 1. The Bertz CT molecular complexity index is 980. The third-order valence-electron chi connectivity index (χ3n) is 6.45. The van der Waals surface area contributed by atoms with Crippen LogP contribution in [0.5, 0.6) is 11.5 Å². The molecule has 0 saturated carbocycles. The van der Waals surface area contributed by atoms with Gasteiger partial charge in [-0.25, -0.2) is 0 Å². The number of halogens is 1. The Hall–Kier alpha value is -1.64. The zero-order valence-electron chi connectivity index (χ0n) is 23.1. The minimum atomic E-state index is -2.26. The molecule has 0 saturated heterocycles. The highest BCUT2D eigenvalue weighted by atomic mass is 31.2. The molecule has 0 unspecified atom stereocenters. The van der Waals surface area contributed by atoms with E-state index in [0.717, 1.165) is 22.3 Å². The summed E-state index contributed by atoms with van der Waals surface area (Å²) >= 11 is 0. The normalized spacial score (nSPS) is 15.6. The summed E-state index contributed by atoms with van der Waals surface area (Å²) in [6, 6.07) is 8.82. The van der Waals surface area contributed by atoms with E-state index in [1.54, 1.807) is 0 Å². The van der Waals surface area contributed by atoms with Gasteiger partial charge in [0.05, 0.1) is 0 Å². The van der Waals surface area contributed by atoms with E-state index in [2.05, 4.69) is 112 Å². The summed E-state index contributed by atoms with van der Waals surface area (Å²) in [6.07, 6.45) is 0.639. The van der Waals surface area contributed by atoms with Crippen molar-refractivity contribution in [3.8, 4) is 11.5 Å². The molecule has 2 aromatic carbocycles. The Morgan fingerprint density at radius 2 is 0.971 bits per heavy atom. The average Bonchev–Trinajstić information content (AvgIpc) is 2.63. The van der Waals surface area contributed by atoms with Gasteiger partial charge in [0, 0.05) is 17.5 Å². The molecule has 3 rings (SSSR count). The fourth-order valence-corrected chi connectivity index (χ4v) is 5.06. The zero-order chi connectivity index (χ0) is 25.9. The first kappa shape index (κ1) is 27.0. The molecule has 0 spiro atoms. The van der Waals surface area contributed by atoms with Crippen LogP contribution in [0.3, 0.4) is 0 Å². The standard InChI is InChI=1S/C29H42FO3P/c1-26(2,3)20-14-18-13-19-15-21(27(4,5)6)17-23(29(10,11)12)25(19)32-34(33-30)31-24(18)22(16-20)28(7,8)9/h14-17H,13H2,1-12H3. The molecule has 3 nitrogen and oxygen atoms in total. The van der Waals surface area contributed by atoms with E-state index in [9.17, 15) is 4.53 Å². The van der Waals surface area contributed by atoms with Crippen molar-refractivity contribution in [2.75, 3.05) is 0 Å². The topological polar surface area (TPSA) is 27.7 Å². The van der Waals surface area contributed by atoms with Crippen LogP contribution in [0.2, 0.25) is 0 Å². The fourth-order valence-electron chi connectivity index (χ4n) is 4.24. The lowest BCUT2D eigenvalue weighted by atomic mass is 9.76. The van der Waals surface area contributed by atoms with Gasteiger partial charge in [-0.1, -0.05) is 112 Å². The Labute approximate surface area is 207 Å². The second-order valence-corrected chi connectivity index (χ2v) is 14.6. The second kappa shape index (κ2) is 8.79. The number of benzene rings is 2. The predicted octanol–water partition coefficient (Wildman–Crippen LogP) is 9.37. The summed E-state index contributed by atoms with van der Waals surface area (Å²) in [5.41, 5.74) is 6.14. The molecule has 0 radical (unpaired) electrons. The van der Waals surface area contributed by atoms with E-state index in [4.69, 9.17) is 9.05 Å². The van der Waals surface area contributed by atoms with Crippen molar-refractivity contribution < 1.29 is 18.3 Å². The van der Waals surface area contributed by atoms with Crippen LogP contribution in [-0.4, -0.2) is 0 Å². The van der Waals surface area contributed by atoms with Gasteiger partial charge in [0.1, 0.15) is 11.5 Å². The summed E-state index contributed by atoms with van der Waals surface area (Å²) in [7, 11) is -2.26. The zero-order valence-corrected chi connectivity index (χ0v) is 24.0. The third-order valence-corrected chi connectivity index (χ3v) is 7.22. The first-order valence-electron chi connectivity index (χ1n) is 12.1. The molecule has 0 atom stereocenters. The second-order valence-electron chi connectivity index (χ2n) is 13.7. The van der Waals surface area contributed by atoms with Crippen molar-refractivity contribution in [2.24, 2.45) is 0 Å². The molecule has 1 aliphatic heterocycles. The van der Waals surface area contributed by atoms with Gasteiger partial charge in [-0.05, 0) is 48.4 Å². The van der Waals surface area contributed by atoms with Gasteiger partial charge in [-0.3, -0.25) is 0 Å². The van der Waals surface area contributed by atoms with Gasteiger partial charge in [-0.2, -0.15) is 0 Å². The quantitative estimate of drug-likeness (QED) is 0.374. The molecule has 188 valence electrons. The summed E-state index contributed by atoms with van der Waals surface area (Å²) < 4.78 is 30.5. The fraction of sp³-hybridized carbons (Fsp3) is 0.586. The summed E-state index contributed by atoms with van der Waals surface area (Å²) in [5, 5.41) is 0. The molecule has 5 heteroatoms. The molecule has 34 heavy (non-hydrogen) atoms. The number of fused-ring (bicyclic) bond motifs is 2. The maximum atomic E-state index is 13.9. The van der Waals surface area contributed by atoms with Gasteiger partial charge >= 0.3 is 8.60 Å². The van der Waals surface area contributed by atoms with E-state index < -0.39 is 8.60 Å². The van der Waals surface area contributed by atoms with Crippen molar-refractivity contribution in [1.82, 2.24) is 0 Å². The summed E-state index contributed by atoms with van der Waals surface area (Å²) in [6.45, 7) is 26.2. The Kier molecular flexibility index (Phi) is 6.97. The highest BCUT2D eigenvalue weighted by Gasteiger charge is 2.35. The van der Waals surface area contributed by atoms with E-state index in [-0.39, 0.29) is 21.7 Å². The van der Waals surface area contributed by atoms with Crippen molar-refractivity contribution in [3.63, 3.8) is 0 Å². The largest absolute Gasteiger partial charge is 0.497 e. The number of hydrogen-bond donors (Lipinski definition) is 0. The van der Waals surface area contributed by atoms with E-state index >= 15 is 0 Å². The van der Waals surface area contributed by atoms with Gasteiger partial charge in [0.15, 0.2) is 0 Å². The first-order valence-corrected chi connectivity index (χ1v) is 13.2. The SMILES string of the molecule is CC(C)(C)c1cc2c(c(C(C)(C)C)c1)OP(OF)Oc1c(cc(C(C)(C)C)cc1C(C)(C)C)C2. The Morgan fingerprint density at radius 3 is 1.24 bits per heavy atom. The molecule has 0 fully saturated rings. The predicted molar refractivity (Wildman–Crippen MR) is 141 cm³/mol. The average molecular weight is 489 g/mol. The number of hydrogen-bond acceptors (Lipinski definition) is 3. The Balaban J connectivity index is 2.39. The first-order chi connectivity index (χ1) is 15.3. The monoisotopic (exact) mass is 488 g/mol. The highest BCUT2D eigenvalue weighted by molar-refractivity contribution is 7.42. The minimum absolute atomic E-state index is 0.0398. The lowest BCUT2D eigenvalue weighted by Crippen LogP contribution is -2.22. The molecular weight excluding hydrogens is 446 g/mol. The van der Waals surface area contributed by atoms with Gasteiger partial charge in [0.25, 0.3) is 0 Å². The van der Waals surface area contributed by atoms with Crippen LogP contribution in [0.15, 0.2) is 24.3 Å². The van der Waals surface area contributed by atoms with Crippen LogP contribution in [-0.2, 0) is 32.8 Å². The Morgan fingerprint density at radius 1 is 0.618 bits per heavy atom. The van der Waals surface area contributed by atoms with E-state index in [1.165, 1.54) is 11.1 Å². The molecule has 0 bridgehead atoms. The molecule has 0 aliphatic carbocycles. The molecule has 1 aliphatic rings. The van der Waals surface area contributed by atoms with Crippen molar-refractivity contribution in [2.45, 2.75) is 111 Å². The molecule has 0 aromatic heterocycles. The van der Waals surface area contributed by atoms with Crippen LogP contribution in [0.25, 0.3) is 0 Å². The van der Waals surface area contributed by atoms with E-state index in [0.29, 0.717) is 17.9 Å². The molecule has 2 aromatic rings. The van der Waals surface area contributed by atoms with Crippen molar-refractivity contribution in [3.05, 3.63) is 57.6 Å². The highest BCUT2D eigenvalue weighted by Crippen LogP contribution is 2.53. The lowest BCUT2D eigenvalue weighted by Gasteiger charge is -2.33.